The van der Waals surface area contributed by atoms with E-state index in [0.29, 0.717) is 5.92 Å². The minimum atomic E-state index is 0.692. The highest BCUT2D eigenvalue weighted by molar-refractivity contribution is 5.47. The second kappa shape index (κ2) is 7.79. The largest absolute Gasteiger partial charge is 0.356 e. The molecule has 1 atom stereocenters. The van der Waals surface area contributed by atoms with E-state index in [1.807, 2.05) is 6.20 Å². The predicted molar refractivity (Wildman–Crippen MR) is 90.7 cm³/mol. The van der Waals surface area contributed by atoms with Gasteiger partial charge in [0.05, 0.1) is 0 Å². The van der Waals surface area contributed by atoms with Crippen molar-refractivity contribution >= 4 is 5.82 Å². The number of rotatable bonds is 6. The van der Waals surface area contributed by atoms with E-state index in [2.05, 4.69) is 44.0 Å². The zero-order valence-electron chi connectivity index (χ0n) is 14.2. The summed E-state index contributed by atoms with van der Waals surface area (Å²) in [4.78, 5) is 7.24. The van der Waals surface area contributed by atoms with Gasteiger partial charge in [-0.25, -0.2) is 4.98 Å². The SMILES string of the molecule is CCC1CCCN(c2ncc(CNCC(C)C)cc2C)C1. The molecule has 1 aliphatic rings. The van der Waals surface area contributed by atoms with E-state index in [1.54, 1.807) is 0 Å². The minimum absolute atomic E-state index is 0.692. The molecule has 0 aliphatic carbocycles. The molecule has 0 spiro atoms. The van der Waals surface area contributed by atoms with Crippen molar-refractivity contribution in [2.24, 2.45) is 11.8 Å². The molecule has 3 nitrogen and oxygen atoms in total. The van der Waals surface area contributed by atoms with Gasteiger partial charge in [0.1, 0.15) is 5.82 Å². The lowest BCUT2D eigenvalue weighted by Crippen LogP contribution is -2.36. The standard InChI is InChI=1S/C18H31N3/c1-5-16-7-6-8-21(13-16)18-15(4)9-17(12-20-18)11-19-10-14(2)3/h9,12,14,16,19H,5-8,10-11,13H2,1-4H3. The van der Waals surface area contributed by atoms with Gasteiger partial charge in [0.25, 0.3) is 0 Å². The summed E-state index contributed by atoms with van der Waals surface area (Å²) in [5.74, 6) is 2.73. The lowest BCUT2D eigenvalue weighted by atomic mass is 9.95. The van der Waals surface area contributed by atoms with Gasteiger partial charge in [-0.2, -0.15) is 0 Å². The molecular formula is C18H31N3. The number of anilines is 1. The van der Waals surface area contributed by atoms with Crippen molar-refractivity contribution in [2.45, 2.75) is 53.5 Å². The van der Waals surface area contributed by atoms with Gasteiger partial charge in [-0.05, 0) is 55.3 Å². The first-order valence-corrected chi connectivity index (χ1v) is 8.51. The van der Waals surface area contributed by atoms with E-state index in [9.17, 15) is 0 Å². The number of hydrogen-bond donors (Lipinski definition) is 1. The maximum Gasteiger partial charge on any atom is 0.131 e. The molecule has 2 rings (SSSR count). The average molecular weight is 289 g/mol. The molecule has 1 aromatic heterocycles. The molecule has 1 unspecified atom stereocenters. The Balaban J connectivity index is 1.98. The fraction of sp³-hybridized carbons (Fsp3) is 0.722. The molecule has 1 aliphatic heterocycles. The minimum Gasteiger partial charge on any atom is -0.356 e. The number of piperidine rings is 1. The first-order valence-electron chi connectivity index (χ1n) is 8.51. The highest BCUT2D eigenvalue weighted by Crippen LogP contribution is 2.26. The average Bonchev–Trinajstić information content (AvgIpc) is 2.47. The Kier molecular flexibility index (Phi) is 6.04. The van der Waals surface area contributed by atoms with E-state index >= 15 is 0 Å². The number of nitrogens with one attached hydrogen (secondary N) is 1. The van der Waals surface area contributed by atoms with Crippen molar-refractivity contribution in [1.82, 2.24) is 10.3 Å². The van der Waals surface area contributed by atoms with Crippen LogP contribution in [-0.4, -0.2) is 24.6 Å². The molecule has 0 saturated carbocycles. The summed E-state index contributed by atoms with van der Waals surface area (Å²) in [6.45, 7) is 13.3. The predicted octanol–water partition coefficient (Wildman–Crippen LogP) is 3.76. The summed E-state index contributed by atoms with van der Waals surface area (Å²) < 4.78 is 0. The molecule has 118 valence electrons. The summed E-state index contributed by atoms with van der Waals surface area (Å²) in [5, 5.41) is 3.49. The second-order valence-corrected chi connectivity index (χ2v) is 6.87. The van der Waals surface area contributed by atoms with Crippen molar-refractivity contribution in [3.8, 4) is 0 Å². The Hall–Kier alpha value is -1.09. The molecule has 3 heteroatoms. The second-order valence-electron chi connectivity index (χ2n) is 6.87. The molecule has 0 amide bonds. The zero-order valence-corrected chi connectivity index (χ0v) is 14.2. The zero-order chi connectivity index (χ0) is 15.2. The lowest BCUT2D eigenvalue weighted by molar-refractivity contribution is 0.402. The van der Waals surface area contributed by atoms with Crippen LogP contribution in [0.2, 0.25) is 0 Å². The number of nitrogens with zero attached hydrogens (tertiary/aromatic N) is 2. The van der Waals surface area contributed by atoms with Crippen LogP contribution in [0.5, 0.6) is 0 Å². The topological polar surface area (TPSA) is 28.2 Å². The van der Waals surface area contributed by atoms with Crippen LogP contribution in [0.3, 0.4) is 0 Å². The quantitative estimate of drug-likeness (QED) is 0.864. The van der Waals surface area contributed by atoms with Gasteiger partial charge in [0.2, 0.25) is 0 Å². The third-order valence-electron chi connectivity index (χ3n) is 4.38. The maximum atomic E-state index is 4.75. The fourth-order valence-electron chi connectivity index (χ4n) is 3.15. The Bertz CT molecular complexity index is 442. The molecule has 0 bridgehead atoms. The summed E-state index contributed by atoms with van der Waals surface area (Å²) >= 11 is 0. The molecule has 21 heavy (non-hydrogen) atoms. The highest BCUT2D eigenvalue weighted by Gasteiger charge is 2.20. The molecule has 1 saturated heterocycles. The molecular weight excluding hydrogens is 258 g/mol. The van der Waals surface area contributed by atoms with Gasteiger partial charge in [0.15, 0.2) is 0 Å². The smallest absolute Gasteiger partial charge is 0.131 e. The number of aryl methyl sites for hydroxylation is 1. The fourth-order valence-corrected chi connectivity index (χ4v) is 3.15. The van der Waals surface area contributed by atoms with Gasteiger partial charge in [-0.15, -0.1) is 0 Å². The third-order valence-corrected chi connectivity index (χ3v) is 4.38. The third kappa shape index (κ3) is 4.70. The summed E-state index contributed by atoms with van der Waals surface area (Å²) in [6, 6.07) is 2.30. The Morgan fingerprint density at radius 3 is 2.90 bits per heavy atom. The number of pyridine rings is 1. The Labute approximate surface area is 130 Å². The first kappa shape index (κ1) is 16.3. The first-order chi connectivity index (χ1) is 10.1. The van der Waals surface area contributed by atoms with E-state index in [1.165, 1.54) is 42.8 Å². The highest BCUT2D eigenvalue weighted by atomic mass is 15.2. The van der Waals surface area contributed by atoms with Crippen LogP contribution < -0.4 is 10.2 Å². The Morgan fingerprint density at radius 2 is 2.24 bits per heavy atom. The van der Waals surface area contributed by atoms with Crippen molar-refractivity contribution in [3.63, 3.8) is 0 Å². The van der Waals surface area contributed by atoms with Gasteiger partial charge in [0, 0.05) is 25.8 Å². The van der Waals surface area contributed by atoms with Crippen LogP contribution in [0.15, 0.2) is 12.3 Å². The van der Waals surface area contributed by atoms with Gasteiger partial charge >= 0.3 is 0 Å². The van der Waals surface area contributed by atoms with E-state index in [4.69, 9.17) is 4.98 Å². The maximum absolute atomic E-state index is 4.75. The number of hydrogen-bond acceptors (Lipinski definition) is 3. The lowest BCUT2D eigenvalue weighted by Gasteiger charge is -2.34. The van der Waals surface area contributed by atoms with Crippen molar-refractivity contribution < 1.29 is 0 Å². The molecule has 0 radical (unpaired) electrons. The molecule has 1 fully saturated rings. The molecule has 2 heterocycles. The summed E-state index contributed by atoms with van der Waals surface area (Å²) in [7, 11) is 0. The normalized spacial score (nSPS) is 19.3. The van der Waals surface area contributed by atoms with Crippen LogP contribution in [0.1, 0.15) is 51.2 Å². The van der Waals surface area contributed by atoms with Crippen LogP contribution in [0.4, 0.5) is 5.82 Å². The van der Waals surface area contributed by atoms with Gasteiger partial charge < -0.3 is 10.2 Å². The molecule has 0 aromatic carbocycles. The van der Waals surface area contributed by atoms with Crippen LogP contribution in [0, 0.1) is 18.8 Å². The van der Waals surface area contributed by atoms with Crippen LogP contribution in [0.25, 0.3) is 0 Å². The summed E-state index contributed by atoms with van der Waals surface area (Å²) in [5.41, 5.74) is 2.61. The van der Waals surface area contributed by atoms with Crippen LogP contribution >= 0.6 is 0 Å². The van der Waals surface area contributed by atoms with Crippen LogP contribution in [-0.2, 0) is 6.54 Å². The number of aromatic nitrogens is 1. The summed E-state index contributed by atoms with van der Waals surface area (Å²) in [6.07, 6.45) is 6.01. The monoisotopic (exact) mass is 289 g/mol. The van der Waals surface area contributed by atoms with Gasteiger partial charge in [-0.1, -0.05) is 27.2 Å². The van der Waals surface area contributed by atoms with E-state index < -0.39 is 0 Å². The Morgan fingerprint density at radius 1 is 1.43 bits per heavy atom. The van der Waals surface area contributed by atoms with Gasteiger partial charge in [-0.3, -0.25) is 0 Å². The van der Waals surface area contributed by atoms with Crippen molar-refractivity contribution in [3.05, 3.63) is 23.4 Å². The van der Waals surface area contributed by atoms with E-state index in [-0.39, 0.29) is 0 Å². The molecule has 1 N–H and O–H groups in total. The van der Waals surface area contributed by atoms with Crippen molar-refractivity contribution in [1.29, 1.82) is 0 Å². The van der Waals surface area contributed by atoms with Crippen molar-refractivity contribution in [2.75, 3.05) is 24.5 Å². The molecule has 1 aromatic rings. The van der Waals surface area contributed by atoms with E-state index in [0.717, 1.165) is 25.6 Å².